The molecule has 1 aliphatic rings. The summed E-state index contributed by atoms with van der Waals surface area (Å²) in [5.41, 5.74) is 1.75. The molecule has 0 saturated carbocycles. The van der Waals surface area contributed by atoms with Gasteiger partial charge in [0.1, 0.15) is 0 Å². The van der Waals surface area contributed by atoms with Crippen LogP contribution >= 0.6 is 0 Å². The third-order valence-corrected chi connectivity index (χ3v) is 3.57. The molecule has 0 aromatic heterocycles. The van der Waals surface area contributed by atoms with E-state index in [0.29, 0.717) is 12.1 Å². The zero-order valence-electron chi connectivity index (χ0n) is 12.7. The number of amides is 1. The van der Waals surface area contributed by atoms with Gasteiger partial charge in [-0.2, -0.15) is 0 Å². The largest absolute Gasteiger partial charge is 0.385 e. The summed E-state index contributed by atoms with van der Waals surface area (Å²) >= 11 is 0. The van der Waals surface area contributed by atoms with Gasteiger partial charge in [0, 0.05) is 37.4 Å². The van der Waals surface area contributed by atoms with E-state index in [1.54, 1.807) is 0 Å². The number of anilines is 1. The summed E-state index contributed by atoms with van der Waals surface area (Å²) in [6.45, 7) is 8.31. The molecule has 0 bridgehead atoms. The van der Waals surface area contributed by atoms with E-state index in [9.17, 15) is 4.79 Å². The lowest BCUT2D eigenvalue weighted by atomic mass is 10.2. The topological polar surface area (TPSA) is 53.6 Å². The molecule has 0 radical (unpaired) electrons. The van der Waals surface area contributed by atoms with E-state index in [1.807, 2.05) is 24.3 Å². The highest BCUT2D eigenvalue weighted by atomic mass is 16.5. The number of nitrogens with one attached hydrogen (secondary N) is 2. The molecule has 5 nitrogen and oxygen atoms in total. The minimum absolute atomic E-state index is 0.0000240. The molecule has 1 aromatic rings. The second-order valence-electron chi connectivity index (χ2n) is 5.17. The van der Waals surface area contributed by atoms with Crippen molar-refractivity contribution in [2.75, 3.05) is 51.3 Å². The van der Waals surface area contributed by atoms with Crippen LogP contribution in [0.5, 0.6) is 0 Å². The summed E-state index contributed by atoms with van der Waals surface area (Å²) in [5, 5.41) is 6.19. The van der Waals surface area contributed by atoms with Gasteiger partial charge in [0.15, 0.2) is 0 Å². The number of carbonyl (C=O) groups is 1. The van der Waals surface area contributed by atoms with Crippen LogP contribution in [0.4, 0.5) is 5.69 Å². The molecule has 1 fully saturated rings. The smallest absolute Gasteiger partial charge is 0.251 e. The number of hydrogen-bond acceptors (Lipinski definition) is 4. The molecule has 1 heterocycles. The van der Waals surface area contributed by atoms with Crippen molar-refractivity contribution in [2.24, 2.45) is 0 Å². The number of hydrogen-bond donors (Lipinski definition) is 2. The summed E-state index contributed by atoms with van der Waals surface area (Å²) in [4.78, 5) is 14.4. The number of ether oxygens (including phenoxy) is 1. The van der Waals surface area contributed by atoms with Crippen molar-refractivity contribution in [2.45, 2.75) is 13.3 Å². The third kappa shape index (κ3) is 5.36. The molecule has 0 unspecified atom stereocenters. The molecular weight excluding hydrogens is 266 g/mol. The van der Waals surface area contributed by atoms with Gasteiger partial charge in [0.05, 0.1) is 13.2 Å². The maximum atomic E-state index is 12.0. The summed E-state index contributed by atoms with van der Waals surface area (Å²) < 4.78 is 5.31. The zero-order valence-corrected chi connectivity index (χ0v) is 12.7. The van der Waals surface area contributed by atoms with E-state index < -0.39 is 0 Å². The molecule has 2 N–H and O–H groups in total. The molecule has 1 aromatic carbocycles. The lowest BCUT2D eigenvalue weighted by molar-refractivity contribution is 0.0374. The van der Waals surface area contributed by atoms with Crippen molar-refractivity contribution < 1.29 is 9.53 Å². The molecule has 0 spiro atoms. The lowest BCUT2D eigenvalue weighted by Gasteiger charge is -2.26. The third-order valence-electron chi connectivity index (χ3n) is 3.57. The first-order chi connectivity index (χ1) is 10.3. The van der Waals surface area contributed by atoms with Crippen LogP contribution in [0.2, 0.25) is 0 Å². The van der Waals surface area contributed by atoms with Gasteiger partial charge in [-0.1, -0.05) is 0 Å². The molecule has 5 heteroatoms. The average Bonchev–Trinajstić information content (AvgIpc) is 2.53. The van der Waals surface area contributed by atoms with Gasteiger partial charge in [0.2, 0.25) is 0 Å². The van der Waals surface area contributed by atoms with E-state index in [-0.39, 0.29) is 5.91 Å². The van der Waals surface area contributed by atoms with Gasteiger partial charge >= 0.3 is 0 Å². The van der Waals surface area contributed by atoms with E-state index in [0.717, 1.165) is 51.5 Å². The SMILES string of the molecule is CCNc1ccc(C(=O)NCCCN2CCOCC2)cc1. The highest BCUT2D eigenvalue weighted by Crippen LogP contribution is 2.09. The summed E-state index contributed by atoms with van der Waals surface area (Å²) in [7, 11) is 0. The van der Waals surface area contributed by atoms with Gasteiger partial charge < -0.3 is 15.4 Å². The van der Waals surface area contributed by atoms with Crippen molar-refractivity contribution in [1.82, 2.24) is 10.2 Å². The molecule has 21 heavy (non-hydrogen) atoms. The van der Waals surface area contributed by atoms with E-state index in [2.05, 4.69) is 22.5 Å². The Morgan fingerprint density at radius 1 is 1.24 bits per heavy atom. The van der Waals surface area contributed by atoms with Crippen LogP contribution in [0.25, 0.3) is 0 Å². The van der Waals surface area contributed by atoms with Crippen LogP contribution in [0.1, 0.15) is 23.7 Å². The van der Waals surface area contributed by atoms with Crippen molar-refractivity contribution in [3.63, 3.8) is 0 Å². The monoisotopic (exact) mass is 291 g/mol. The highest BCUT2D eigenvalue weighted by molar-refractivity contribution is 5.94. The molecular formula is C16H25N3O2. The van der Waals surface area contributed by atoms with Crippen LogP contribution in [-0.4, -0.2) is 56.7 Å². The normalized spacial score (nSPS) is 15.7. The van der Waals surface area contributed by atoms with Crippen LogP contribution in [0.3, 0.4) is 0 Å². The quantitative estimate of drug-likeness (QED) is 0.749. The van der Waals surface area contributed by atoms with Crippen molar-refractivity contribution in [1.29, 1.82) is 0 Å². The Bertz CT molecular complexity index is 428. The highest BCUT2D eigenvalue weighted by Gasteiger charge is 2.10. The summed E-state index contributed by atoms with van der Waals surface area (Å²) in [6, 6.07) is 7.59. The Balaban J connectivity index is 1.66. The minimum atomic E-state index is 0.0000240. The first-order valence-corrected chi connectivity index (χ1v) is 7.72. The van der Waals surface area contributed by atoms with Gasteiger partial charge in [0.25, 0.3) is 5.91 Å². The fourth-order valence-electron chi connectivity index (χ4n) is 2.37. The maximum Gasteiger partial charge on any atom is 0.251 e. The first kappa shape index (κ1) is 15.8. The van der Waals surface area contributed by atoms with Crippen LogP contribution < -0.4 is 10.6 Å². The van der Waals surface area contributed by atoms with Crippen molar-refractivity contribution in [3.8, 4) is 0 Å². The van der Waals surface area contributed by atoms with Crippen LogP contribution in [0.15, 0.2) is 24.3 Å². The van der Waals surface area contributed by atoms with Crippen LogP contribution in [-0.2, 0) is 4.74 Å². The molecule has 1 amide bonds. The Morgan fingerprint density at radius 3 is 2.62 bits per heavy atom. The number of carbonyl (C=O) groups excluding carboxylic acids is 1. The molecule has 116 valence electrons. The fourth-order valence-corrected chi connectivity index (χ4v) is 2.37. The number of rotatable bonds is 7. The number of morpholine rings is 1. The Morgan fingerprint density at radius 2 is 1.95 bits per heavy atom. The second kappa shape index (κ2) is 8.64. The lowest BCUT2D eigenvalue weighted by Crippen LogP contribution is -2.38. The van der Waals surface area contributed by atoms with Crippen molar-refractivity contribution in [3.05, 3.63) is 29.8 Å². The minimum Gasteiger partial charge on any atom is -0.385 e. The number of benzene rings is 1. The van der Waals surface area contributed by atoms with E-state index in [4.69, 9.17) is 4.74 Å². The maximum absolute atomic E-state index is 12.0. The standard InChI is InChI=1S/C16H25N3O2/c1-2-17-15-6-4-14(5-7-15)16(20)18-8-3-9-19-10-12-21-13-11-19/h4-7,17H,2-3,8-13H2,1H3,(H,18,20). The Kier molecular flexibility index (Phi) is 6.50. The second-order valence-corrected chi connectivity index (χ2v) is 5.17. The fraction of sp³-hybridized carbons (Fsp3) is 0.562. The summed E-state index contributed by atoms with van der Waals surface area (Å²) in [6.07, 6.45) is 0.973. The van der Waals surface area contributed by atoms with E-state index >= 15 is 0 Å². The molecule has 0 aliphatic carbocycles. The average molecular weight is 291 g/mol. The van der Waals surface area contributed by atoms with Gasteiger partial charge in [-0.3, -0.25) is 9.69 Å². The van der Waals surface area contributed by atoms with Gasteiger partial charge in [-0.25, -0.2) is 0 Å². The molecule has 2 rings (SSSR count). The number of nitrogens with zero attached hydrogens (tertiary/aromatic N) is 1. The zero-order chi connectivity index (χ0) is 14.9. The van der Waals surface area contributed by atoms with Gasteiger partial charge in [-0.05, 0) is 44.2 Å². The molecule has 1 saturated heterocycles. The van der Waals surface area contributed by atoms with Crippen LogP contribution in [0, 0.1) is 0 Å². The molecule has 0 atom stereocenters. The predicted molar refractivity (Wildman–Crippen MR) is 84.8 cm³/mol. The van der Waals surface area contributed by atoms with E-state index in [1.165, 1.54) is 0 Å². The predicted octanol–water partition coefficient (Wildman–Crippen LogP) is 1.57. The van der Waals surface area contributed by atoms with Gasteiger partial charge in [-0.15, -0.1) is 0 Å². The molecule has 1 aliphatic heterocycles. The Hall–Kier alpha value is -1.59. The first-order valence-electron chi connectivity index (χ1n) is 7.72. The van der Waals surface area contributed by atoms with Crippen molar-refractivity contribution >= 4 is 11.6 Å². The summed E-state index contributed by atoms with van der Waals surface area (Å²) in [5.74, 6) is 0.0000240. The Labute approximate surface area is 126 Å².